The molecule has 0 saturated heterocycles. The van der Waals surface area contributed by atoms with Crippen molar-refractivity contribution in [2.24, 2.45) is 0 Å². The predicted molar refractivity (Wildman–Crippen MR) is 132 cm³/mol. The standard InChI is InChI=1S/C26H30N4O6/c1-26(2,3)36-25(35)27-14-12-21(31)28-16-17-8-4-7-11-20(17)29-22(32)13-15-30-23(33)18-9-5-6-10-19(18)24(30)34/h4-11H,12-16H2,1-3H3,(H,27,35)(H,28,31)(H,29,32). The van der Waals surface area contributed by atoms with Crippen molar-refractivity contribution in [3.8, 4) is 0 Å². The Hall–Kier alpha value is -4.21. The lowest BCUT2D eigenvalue weighted by molar-refractivity contribution is -0.121. The van der Waals surface area contributed by atoms with E-state index in [0.717, 1.165) is 4.90 Å². The lowest BCUT2D eigenvalue weighted by atomic mass is 10.1. The SMILES string of the molecule is CC(C)(C)OC(=O)NCCC(=O)NCc1ccccc1NC(=O)CCN1C(=O)c2ccccc2C1=O. The predicted octanol–water partition coefficient (Wildman–Crippen LogP) is 2.84. The number of amides is 5. The van der Waals surface area contributed by atoms with Gasteiger partial charge in [-0.1, -0.05) is 30.3 Å². The van der Waals surface area contributed by atoms with E-state index in [4.69, 9.17) is 4.74 Å². The van der Waals surface area contributed by atoms with Crippen molar-refractivity contribution in [1.29, 1.82) is 0 Å². The van der Waals surface area contributed by atoms with Gasteiger partial charge in [0.25, 0.3) is 11.8 Å². The summed E-state index contributed by atoms with van der Waals surface area (Å²) >= 11 is 0. The van der Waals surface area contributed by atoms with Gasteiger partial charge in [0.2, 0.25) is 11.8 Å². The number of nitrogens with one attached hydrogen (secondary N) is 3. The van der Waals surface area contributed by atoms with Gasteiger partial charge in [-0.05, 0) is 44.5 Å². The second-order valence-electron chi connectivity index (χ2n) is 9.22. The van der Waals surface area contributed by atoms with E-state index in [1.807, 2.05) is 0 Å². The number of nitrogens with zero attached hydrogens (tertiary/aromatic N) is 1. The minimum atomic E-state index is -0.620. The number of hydrogen-bond acceptors (Lipinski definition) is 6. The highest BCUT2D eigenvalue weighted by Gasteiger charge is 2.35. The Kier molecular flexibility index (Phi) is 8.42. The van der Waals surface area contributed by atoms with Gasteiger partial charge in [-0.15, -0.1) is 0 Å². The maximum absolute atomic E-state index is 12.6. The van der Waals surface area contributed by atoms with E-state index in [0.29, 0.717) is 22.4 Å². The van der Waals surface area contributed by atoms with Crippen LogP contribution in [0.15, 0.2) is 48.5 Å². The van der Waals surface area contributed by atoms with Crippen LogP contribution in [-0.4, -0.2) is 53.3 Å². The quantitative estimate of drug-likeness (QED) is 0.459. The summed E-state index contributed by atoms with van der Waals surface area (Å²) in [6, 6.07) is 13.5. The molecule has 10 nitrogen and oxygen atoms in total. The number of ether oxygens (including phenoxy) is 1. The molecule has 10 heteroatoms. The molecule has 3 N–H and O–H groups in total. The second kappa shape index (κ2) is 11.5. The minimum Gasteiger partial charge on any atom is -0.444 e. The van der Waals surface area contributed by atoms with Crippen molar-refractivity contribution in [2.45, 2.75) is 45.8 Å². The Morgan fingerprint density at radius 3 is 2.08 bits per heavy atom. The summed E-state index contributed by atoms with van der Waals surface area (Å²) in [6.45, 7) is 5.50. The first-order valence-corrected chi connectivity index (χ1v) is 11.6. The van der Waals surface area contributed by atoms with Crippen LogP contribution in [-0.2, 0) is 20.9 Å². The summed E-state index contributed by atoms with van der Waals surface area (Å²) in [7, 11) is 0. The molecule has 36 heavy (non-hydrogen) atoms. The average Bonchev–Trinajstić information content (AvgIpc) is 3.05. The van der Waals surface area contributed by atoms with Gasteiger partial charge in [-0.25, -0.2) is 4.79 Å². The molecule has 0 unspecified atom stereocenters. The summed E-state index contributed by atoms with van der Waals surface area (Å²) < 4.78 is 5.12. The molecule has 2 aromatic carbocycles. The normalized spacial score (nSPS) is 12.7. The van der Waals surface area contributed by atoms with Crippen LogP contribution in [0.2, 0.25) is 0 Å². The molecule has 1 aliphatic rings. The van der Waals surface area contributed by atoms with E-state index in [9.17, 15) is 24.0 Å². The number of fused-ring (bicyclic) bond motifs is 1. The number of rotatable bonds is 9. The highest BCUT2D eigenvalue weighted by molar-refractivity contribution is 6.21. The Morgan fingerprint density at radius 1 is 0.833 bits per heavy atom. The molecule has 1 heterocycles. The van der Waals surface area contributed by atoms with Crippen LogP contribution in [0.1, 0.15) is 59.9 Å². The molecule has 2 aromatic rings. The van der Waals surface area contributed by atoms with E-state index < -0.39 is 23.5 Å². The van der Waals surface area contributed by atoms with Crippen molar-refractivity contribution >= 4 is 35.4 Å². The van der Waals surface area contributed by atoms with E-state index in [2.05, 4.69) is 16.0 Å². The van der Waals surface area contributed by atoms with Gasteiger partial charge in [0.15, 0.2) is 0 Å². The average molecular weight is 495 g/mol. The summed E-state index contributed by atoms with van der Waals surface area (Å²) in [4.78, 5) is 62.3. The van der Waals surface area contributed by atoms with E-state index in [1.54, 1.807) is 69.3 Å². The molecule has 0 aliphatic carbocycles. The van der Waals surface area contributed by atoms with Crippen LogP contribution in [0, 0.1) is 0 Å². The number of imide groups is 1. The lowest BCUT2D eigenvalue weighted by Crippen LogP contribution is -2.35. The van der Waals surface area contributed by atoms with E-state index >= 15 is 0 Å². The summed E-state index contributed by atoms with van der Waals surface area (Å²) in [5.74, 6) is -1.47. The van der Waals surface area contributed by atoms with Crippen molar-refractivity contribution < 1.29 is 28.7 Å². The minimum absolute atomic E-state index is 0.0399. The first kappa shape index (κ1) is 26.4. The molecule has 0 atom stereocenters. The third-order valence-electron chi connectivity index (χ3n) is 5.23. The number of hydrogen-bond donors (Lipinski definition) is 3. The largest absolute Gasteiger partial charge is 0.444 e. The fraction of sp³-hybridized carbons (Fsp3) is 0.346. The van der Waals surface area contributed by atoms with Crippen molar-refractivity contribution in [3.63, 3.8) is 0 Å². The molecule has 0 aromatic heterocycles. The zero-order valence-corrected chi connectivity index (χ0v) is 20.6. The van der Waals surface area contributed by atoms with Gasteiger partial charge in [-0.2, -0.15) is 0 Å². The molecule has 190 valence electrons. The maximum atomic E-state index is 12.6. The van der Waals surface area contributed by atoms with Crippen LogP contribution in [0.4, 0.5) is 10.5 Å². The first-order valence-electron chi connectivity index (χ1n) is 11.6. The molecular formula is C26H30N4O6. The van der Waals surface area contributed by atoms with Crippen LogP contribution in [0.25, 0.3) is 0 Å². The number of para-hydroxylation sites is 1. The Labute approximate surface area is 209 Å². The summed E-state index contributed by atoms with van der Waals surface area (Å²) in [5.41, 5.74) is 1.25. The zero-order valence-electron chi connectivity index (χ0n) is 20.6. The Bertz CT molecular complexity index is 1140. The summed E-state index contributed by atoms with van der Waals surface area (Å²) in [5, 5.41) is 8.05. The van der Waals surface area contributed by atoms with Gasteiger partial charge in [-0.3, -0.25) is 24.1 Å². The Balaban J connectivity index is 1.46. The van der Waals surface area contributed by atoms with Crippen molar-refractivity contribution in [2.75, 3.05) is 18.4 Å². The molecule has 3 rings (SSSR count). The molecule has 0 saturated carbocycles. The smallest absolute Gasteiger partial charge is 0.407 e. The molecule has 0 spiro atoms. The third-order valence-corrected chi connectivity index (χ3v) is 5.23. The fourth-order valence-corrected chi connectivity index (χ4v) is 3.54. The van der Waals surface area contributed by atoms with Gasteiger partial charge in [0.05, 0.1) is 11.1 Å². The van der Waals surface area contributed by atoms with E-state index in [1.165, 1.54) is 0 Å². The lowest BCUT2D eigenvalue weighted by Gasteiger charge is -2.19. The van der Waals surface area contributed by atoms with Gasteiger partial charge in [0.1, 0.15) is 5.60 Å². The van der Waals surface area contributed by atoms with Crippen LogP contribution >= 0.6 is 0 Å². The van der Waals surface area contributed by atoms with E-state index in [-0.39, 0.29) is 44.3 Å². The van der Waals surface area contributed by atoms with Crippen LogP contribution < -0.4 is 16.0 Å². The maximum Gasteiger partial charge on any atom is 0.407 e. The second-order valence-corrected chi connectivity index (χ2v) is 9.22. The number of alkyl carbamates (subject to hydrolysis) is 1. The highest BCUT2D eigenvalue weighted by atomic mass is 16.6. The van der Waals surface area contributed by atoms with Gasteiger partial charge in [0, 0.05) is 38.2 Å². The topological polar surface area (TPSA) is 134 Å². The Morgan fingerprint density at radius 2 is 1.44 bits per heavy atom. The van der Waals surface area contributed by atoms with Crippen molar-refractivity contribution in [3.05, 3.63) is 65.2 Å². The van der Waals surface area contributed by atoms with Gasteiger partial charge >= 0.3 is 6.09 Å². The molecule has 0 fully saturated rings. The summed E-state index contributed by atoms with van der Waals surface area (Å²) in [6.07, 6.45) is -0.596. The first-order chi connectivity index (χ1) is 17.0. The highest BCUT2D eigenvalue weighted by Crippen LogP contribution is 2.22. The number of carbonyl (C=O) groups excluding carboxylic acids is 5. The number of anilines is 1. The third kappa shape index (κ3) is 7.14. The zero-order chi connectivity index (χ0) is 26.3. The fourth-order valence-electron chi connectivity index (χ4n) is 3.54. The molecule has 1 aliphatic heterocycles. The monoisotopic (exact) mass is 494 g/mol. The molecule has 5 amide bonds. The molecule has 0 bridgehead atoms. The van der Waals surface area contributed by atoms with Crippen molar-refractivity contribution in [1.82, 2.24) is 15.5 Å². The number of carbonyl (C=O) groups is 5. The van der Waals surface area contributed by atoms with Gasteiger partial charge < -0.3 is 20.7 Å². The van der Waals surface area contributed by atoms with Crippen LogP contribution in [0.5, 0.6) is 0 Å². The molecule has 0 radical (unpaired) electrons. The molecular weight excluding hydrogens is 464 g/mol. The number of benzene rings is 2. The van der Waals surface area contributed by atoms with Crippen LogP contribution in [0.3, 0.4) is 0 Å².